The number of fused-ring (bicyclic) bond motifs is 2. The summed E-state index contributed by atoms with van der Waals surface area (Å²) in [4.78, 5) is 52.0. The number of carbonyl (C=O) groups excluding carboxylic acids is 2. The number of para-hydroxylation sites is 4. The number of likely N-dealkylation sites (tertiary alicyclic amines) is 1. The van der Waals surface area contributed by atoms with Gasteiger partial charge in [-0.3, -0.25) is 9.59 Å². The van der Waals surface area contributed by atoms with Crippen LogP contribution in [0.2, 0.25) is 0 Å². The highest BCUT2D eigenvalue weighted by molar-refractivity contribution is 5.98. The summed E-state index contributed by atoms with van der Waals surface area (Å²) in [5, 5.41) is 10.6. The van der Waals surface area contributed by atoms with Gasteiger partial charge in [0.1, 0.15) is 12.4 Å². The number of unbranched alkanes of at least 4 members (excludes halogenated alkanes) is 1. The molecule has 0 aliphatic carbocycles. The Labute approximate surface area is 277 Å². The summed E-state index contributed by atoms with van der Waals surface area (Å²) >= 11 is 0. The third-order valence-electron chi connectivity index (χ3n) is 9.18. The van der Waals surface area contributed by atoms with Gasteiger partial charge < -0.3 is 33.8 Å². The van der Waals surface area contributed by atoms with Gasteiger partial charge in [0.15, 0.2) is 5.82 Å². The van der Waals surface area contributed by atoms with E-state index in [0.717, 1.165) is 23.9 Å². The molecule has 11 heteroatoms. The van der Waals surface area contributed by atoms with Crippen molar-refractivity contribution in [3.05, 3.63) is 54.4 Å². The number of anilines is 1. The zero-order chi connectivity index (χ0) is 33.9. The van der Waals surface area contributed by atoms with Gasteiger partial charge in [0.25, 0.3) is 5.91 Å². The fourth-order valence-corrected chi connectivity index (χ4v) is 7.28. The maximum Gasteiger partial charge on any atom is 0.407 e. The predicted molar refractivity (Wildman–Crippen MR) is 181 cm³/mol. The second kappa shape index (κ2) is 14.3. The molecule has 47 heavy (non-hydrogen) atoms. The second-order valence-corrected chi connectivity index (χ2v) is 14.2. The predicted octanol–water partition coefficient (Wildman–Crippen LogP) is 5.77. The lowest BCUT2D eigenvalue weighted by Crippen LogP contribution is -2.65. The van der Waals surface area contributed by atoms with Crippen LogP contribution in [0.15, 0.2) is 48.5 Å². The summed E-state index contributed by atoms with van der Waals surface area (Å²) < 4.78 is 13.1. The number of hydrogen-bond acceptors (Lipinski definition) is 6. The minimum absolute atomic E-state index is 0.0948. The van der Waals surface area contributed by atoms with Gasteiger partial charge in [-0.15, -0.1) is 0 Å². The molecule has 1 fully saturated rings. The maximum absolute atomic E-state index is 14.7. The van der Waals surface area contributed by atoms with Gasteiger partial charge in [-0.05, 0) is 54.9 Å². The lowest BCUT2D eigenvalue weighted by Gasteiger charge is -2.51. The molecule has 0 radical (unpaired) electrons. The number of carbonyl (C=O) groups is 3. The van der Waals surface area contributed by atoms with Gasteiger partial charge in [0.2, 0.25) is 5.91 Å². The minimum atomic E-state index is -1.10. The van der Waals surface area contributed by atoms with Crippen LogP contribution >= 0.6 is 0 Å². The Bertz CT molecular complexity index is 1580. The molecule has 0 saturated carbocycles. The molecule has 11 nitrogen and oxygen atoms in total. The Hall–Kier alpha value is -4.12. The van der Waals surface area contributed by atoms with Crippen molar-refractivity contribution in [3.8, 4) is 5.75 Å². The first-order chi connectivity index (χ1) is 22.4. The molecule has 1 N–H and O–H groups in total. The number of piperidine rings is 1. The number of carboxylic acid groups (broad SMARTS) is 1. The SMILES string of the molecule is COCCCCn1c(C(=O)N(CC(C)C)[C@H]2C[C@@H](C(=O)N3CCOc4ccccc43)C(C(C)(C)C)N(C(=O)O)C2)nc2ccccc21. The summed E-state index contributed by atoms with van der Waals surface area (Å²) in [6, 6.07) is 14.0. The van der Waals surface area contributed by atoms with Gasteiger partial charge in [0, 0.05) is 33.4 Å². The van der Waals surface area contributed by atoms with E-state index in [0.29, 0.717) is 56.5 Å². The Morgan fingerprint density at radius 3 is 2.51 bits per heavy atom. The van der Waals surface area contributed by atoms with E-state index in [9.17, 15) is 19.5 Å². The number of aryl methyl sites for hydroxylation is 1. The van der Waals surface area contributed by atoms with Crippen molar-refractivity contribution in [1.82, 2.24) is 19.4 Å². The van der Waals surface area contributed by atoms with Crippen molar-refractivity contribution < 1.29 is 29.0 Å². The molecule has 2 aliphatic rings. The number of hydrogen-bond donors (Lipinski definition) is 1. The molecule has 1 unspecified atom stereocenters. The van der Waals surface area contributed by atoms with E-state index in [1.54, 1.807) is 16.9 Å². The van der Waals surface area contributed by atoms with E-state index in [2.05, 4.69) is 0 Å². The molecule has 3 atom stereocenters. The van der Waals surface area contributed by atoms with Crippen molar-refractivity contribution in [1.29, 1.82) is 0 Å². The summed E-state index contributed by atoms with van der Waals surface area (Å²) in [6.45, 7) is 12.4. The average molecular weight is 648 g/mol. The number of rotatable bonds is 10. The van der Waals surface area contributed by atoms with Crippen LogP contribution in [-0.2, 0) is 16.1 Å². The highest BCUT2D eigenvalue weighted by Gasteiger charge is 2.51. The molecule has 254 valence electrons. The second-order valence-electron chi connectivity index (χ2n) is 14.2. The van der Waals surface area contributed by atoms with Crippen molar-refractivity contribution in [2.45, 2.75) is 72.5 Å². The average Bonchev–Trinajstić information content (AvgIpc) is 3.42. The number of amides is 3. The number of benzene rings is 2. The first kappa shape index (κ1) is 34.2. The smallest absolute Gasteiger partial charge is 0.407 e. The van der Waals surface area contributed by atoms with Gasteiger partial charge in [-0.1, -0.05) is 58.9 Å². The Balaban J connectivity index is 1.55. The van der Waals surface area contributed by atoms with E-state index in [1.807, 2.05) is 87.7 Å². The van der Waals surface area contributed by atoms with Crippen LogP contribution in [0, 0.1) is 17.3 Å². The lowest BCUT2D eigenvalue weighted by molar-refractivity contribution is -0.130. The van der Waals surface area contributed by atoms with Crippen LogP contribution in [-0.4, -0.2) is 94.4 Å². The third kappa shape index (κ3) is 7.25. The number of imidazole rings is 1. The summed E-state index contributed by atoms with van der Waals surface area (Å²) in [7, 11) is 1.68. The quantitative estimate of drug-likeness (QED) is 0.278. The van der Waals surface area contributed by atoms with Crippen LogP contribution in [0.4, 0.5) is 10.5 Å². The molecular formula is C36H49N5O6. The monoisotopic (exact) mass is 647 g/mol. The molecule has 2 aromatic carbocycles. The Kier molecular flexibility index (Phi) is 10.4. The molecule has 5 rings (SSSR count). The largest absolute Gasteiger partial charge is 0.490 e. The fraction of sp³-hybridized carbons (Fsp3) is 0.556. The first-order valence-electron chi connectivity index (χ1n) is 16.7. The molecule has 1 aromatic heterocycles. The first-order valence-corrected chi connectivity index (χ1v) is 16.7. The summed E-state index contributed by atoms with van der Waals surface area (Å²) in [5.41, 5.74) is 1.74. The van der Waals surface area contributed by atoms with Crippen LogP contribution in [0.25, 0.3) is 11.0 Å². The van der Waals surface area contributed by atoms with Crippen molar-refractivity contribution in [3.63, 3.8) is 0 Å². The molecule has 1 saturated heterocycles. The van der Waals surface area contributed by atoms with Gasteiger partial charge in [-0.25, -0.2) is 9.78 Å². The lowest BCUT2D eigenvalue weighted by atomic mass is 9.72. The molecule has 3 heterocycles. The normalized spacial score (nSPS) is 19.9. The number of ether oxygens (including phenoxy) is 2. The van der Waals surface area contributed by atoms with E-state index in [4.69, 9.17) is 14.5 Å². The molecule has 2 aliphatic heterocycles. The van der Waals surface area contributed by atoms with Gasteiger partial charge in [-0.2, -0.15) is 0 Å². The van der Waals surface area contributed by atoms with E-state index >= 15 is 0 Å². The standard InChI is InChI=1S/C36H49N5O6/c1-24(2)22-40(34(43)32-37-27-13-7-8-14-28(27)38(32)17-11-12-19-46-6)25-21-26(31(36(3,4)5)41(23-25)35(44)45)33(42)39-18-20-47-30-16-10-9-15-29(30)39/h7-10,13-16,24-26,31H,11-12,17-23H2,1-6H3,(H,44,45)/t25-,26+,31?/m0/s1. The van der Waals surface area contributed by atoms with Crippen LogP contribution in [0.1, 0.15) is 64.5 Å². The molecule has 0 spiro atoms. The highest BCUT2D eigenvalue weighted by Crippen LogP contribution is 2.41. The molecule has 3 aromatic rings. The zero-order valence-electron chi connectivity index (χ0n) is 28.5. The number of aromatic nitrogens is 2. The Morgan fingerprint density at radius 2 is 1.81 bits per heavy atom. The number of methoxy groups -OCH3 is 1. The Morgan fingerprint density at radius 1 is 1.09 bits per heavy atom. The third-order valence-corrected chi connectivity index (χ3v) is 9.18. The van der Waals surface area contributed by atoms with Crippen LogP contribution < -0.4 is 9.64 Å². The van der Waals surface area contributed by atoms with Crippen LogP contribution in [0.3, 0.4) is 0 Å². The van der Waals surface area contributed by atoms with Crippen LogP contribution in [0.5, 0.6) is 5.75 Å². The van der Waals surface area contributed by atoms with Crippen molar-refractivity contribution in [2.75, 3.05) is 44.9 Å². The van der Waals surface area contributed by atoms with Crippen molar-refractivity contribution in [2.24, 2.45) is 17.3 Å². The highest BCUT2D eigenvalue weighted by atomic mass is 16.5. The number of nitrogens with zero attached hydrogens (tertiary/aromatic N) is 5. The molecule has 0 bridgehead atoms. The maximum atomic E-state index is 14.7. The van der Waals surface area contributed by atoms with Gasteiger partial charge in [0.05, 0.1) is 41.3 Å². The van der Waals surface area contributed by atoms with Gasteiger partial charge >= 0.3 is 6.09 Å². The minimum Gasteiger partial charge on any atom is -0.490 e. The fourth-order valence-electron chi connectivity index (χ4n) is 7.28. The topological polar surface area (TPSA) is 117 Å². The van der Waals surface area contributed by atoms with E-state index in [-0.39, 0.29) is 24.3 Å². The van der Waals surface area contributed by atoms with Crippen molar-refractivity contribution >= 4 is 34.6 Å². The van der Waals surface area contributed by atoms with E-state index < -0.39 is 29.5 Å². The van der Waals surface area contributed by atoms with E-state index in [1.165, 1.54) is 4.90 Å². The summed E-state index contributed by atoms with van der Waals surface area (Å²) in [5.74, 6) is -0.0475. The molecule has 3 amide bonds. The molecular weight excluding hydrogens is 598 g/mol. The summed E-state index contributed by atoms with van der Waals surface area (Å²) in [6.07, 6.45) is 0.874. The zero-order valence-corrected chi connectivity index (χ0v) is 28.5.